The van der Waals surface area contributed by atoms with Crippen LogP contribution in [0.1, 0.15) is 38.5 Å². The summed E-state index contributed by atoms with van der Waals surface area (Å²) < 4.78 is 0. The molecule has 3 heteroatoms. The van der Waals surface area contributed by atoms with Crippen LogP contribution in [0.25, 0.3) is 0 Å². The Morgan fingerprint density at radius 1 is 1.32 bits per heavy atom. The van der Waals surface area contributed by atoms with E-state index >= 15 is 0 Å². The average molecular weight is 260 g/mol. The highest BCUT2D eigenvalue weighted by Gasteiger charge is 2.05. The molecule has 0 unspecified atom stereocenters. The van der Waals surface area contributed by atoms with E-state index in [-0.39, 0.29) is 5.91 Å². The van der Waals surface area contributed by atoms with Crippen LogP contribution in [0.3, 0.4) is 0 Å². The Kier molecular flexibility index (Phi) is 7.56. The fourth-order valence-electron chi connectivity index (χ4n) is 2.01. The summed E-state index contributed by atoms with van der Waals surface area (Å²) in [7, 11) is 3.42. The molecule has 0 heterocycles. The third-order valence-corrected chi connectivity index (χ3v) is 3.18. The molecule has 104 valence electrons. The van der Waals surface area contributed by atoms with Gasteiger partial charge in [0.25, 0.3) is 0 Å². The number of hydrogen-bond donors (Lipinski definition) is 1. The number of amides is 1. The Morgan fingerprint density at radius 2 is 2.11 bits per heavy atom. The average Bonchev–Trinajstić information content (AvgIpc) is 2.39. The summed E-state index contributed by atoms with van der Waals surface area (Å²) in [6.07, 6.45) is 16.5. The van der Waals surface area contributed by atoms with Crippen molar-refractivity contribution in [3.05, 3.63) is 36.0 Å². The highest BCUT2D eigenvalue weighted by atomic mass is 16.1. The van der Waals surface area contributed by atoms with Crippen molar-refractivity contribution >= 4 is 11.6 Å². The van der Waals surface area contributed by atoms with Crippen LogP contribution < -0.4 is 5.32 Å². The Balaban J connectivity index is 2.36. The van der Waals surface area contributed by atoms with E-state index in [4.69, 9.17) is 0 Å². The van der Waals surface area contributed by atoms with E-state index in [2.05, 4.69) is 40.7 Å². The van der Waals surface area contributed by atoms with Crippen LogP contribution in [0.5, 0.6) is 0 Å². The van der Waals surface area contributed by atoms with E-state index in [9.17, 15) is 4.79 Å². The molecule has 0 fully saturated rings. The fourth-order valence-corrected chi connectivity index (χ4v) is 2.01. The summed E-state index contributed by atoms with van der Waals surface area (Å²) in [5.41, 5.74) is 2.37. The van der Waals surface area contributed by atoms with E-state index in [1.807, 2.05) is 0 Å². The third-order valence-electron chi connectivity index (χ3n) is 3.18. The maximum Gasteiger partial charge on any atom is 0.225 e. The van der Waals surface area contributed by atoms with Crippen molar-refractivity contribution in [1.82, 2.24) is 5.32 Å². The van der Waals surface area contributed by atoms with Gasteiger partial charge in [-0.25, -0.2) is 0 Å². The highest BCUT2D eigenvalue weighted by molar-refractivity contribution is 6.00. The predicted octanol–water partition coefficient (Wildman–Crippen LogP) is 3.20. The van der Waals surface area contributed by atoms with Crippen LogP contribution >= 0.6 is 0 Å². The largest absolute Gasteiger partial charge is 0.359 e. The Bertz CT molecular complexity index is 403. The van der Waals surface area contributed by atoms with Crippen molar-refractivity contribution in [2.45, 2.75) is 38.5 Å². The lowest BCUT2D eigenvalue weighted by molar-refractivity contribution is -0.119. The molecule has 0 aliphatic heterocycles. The van der Waals surface area contributed by atoms with Gasteiger partial charge in [-0.2, -0.15) is 0 Å². The maximum absolute atomic E-state index is 11.3. The molecule has 1 N–H and O–H groups in total. The first kappa shape index (κ1) is 15.4. The number of rotatable bonds is 6. The van der Waals surface area contributed by atoms with E-state index in [0.717, 1.165) is 37.8 Å². The Labute approximate surface area is 116 Å². The van der Waals surface area contributed by atoms with Gasteiger partial charge in [0.2, 0.25) is 5.91 Å². The molecule has 1 aliphatic carbocycles. The molecule has 3 nitrogen and oxygen atoms in total. The highest BCUT2D eigenvalue weighted by Crippen LogP contribution is 2.14. The molecule has 0 atom stereocenters. The van der Waals surface area contributed by atoms with Crippen LogP contribution in [0.4, 0.5) is 0 Å². The lowest BCUT2D eigenvalue weighted by Crippen LogP contribution is -2.21. The molecule has 0 aromatic heterocycles. The van der Waals surface area contributed by atoms with Crippen LogP contribution in [-0.4, -0.2) is 25.7 Å². The zero-order chi connectivity index (χ0) is 13.9. The number of allylic oxidation sites excluding steroid dienone is 6. The number of aliphatic imine (C=N–C) groups is 1. The molecule has 19 heavy (non-hydrogen) atoms. The number of carbonyl (C=O) groups is 1. The number of hydrogen-bond acceptors (Lipinski definition) is 2. The standard InChI is InChI=1S/C16H24N2O/c1-17-15(13-16(19)18-2)12-8-11-14-9-6-4-3-5-7-10-14/h3-4,7,9-10H,5-6,8,11-13H2,1-2H3,(H,18,19)/b4-3-,10-7-,14-9+,17-15+. The molecule has 0 bridgehead atoms. The number of nitrogens with one attached hydrogen (secondary N) is 1. The second-order valence-corrected chi connectivity index (χ2v) is 4.62. The lowest BCUT2D eigenvalue weighted by Gasteiger charge is -2.06. The Morgan fingerprint density at radius 3 is 2.84 bits per heavy atom. The first-order valence-electron chi connectivity index (χ1n) is 6.92. The number of nitrogens with zero attached hydrogens (tertiary/aromatic N) is 1. The molecule has 1 rings (SSSR count). The number of carbonyl (C=O) groups excluding carboxylic acids is 1. The van der Waals surface area contributed by atoms with Crippen molar-refractivity contribution in [3.8, 4) is 0 Å². The molecular weight excluding hydrogens is 236 g/mol. The van der Waals surface area contributed by atoms with Gasteiger partial charge in [-0.15, -0.1) is 0 Å². The molecule has 1 amide bonds. The van der Waals surface area contributed by atoms with Crippen LogP contribution in [0, 0.1) is 0 Å². The zero-order valence-corrected chi connectivity index (χ0v) is 12.0. The van der Waals surface area contributed by atoms with Crippen LogP contribution in [0.15, 0.2) is 40.9 Å². The van der Waals surface area contributed by atoms with Gasteiger partial charge in [0.1, 0.15) is 0 Å². The topological polar surface area (TPSA) is 41.5 Å². The molecule has 0 aromatic carbocycles. The van der Waals surface area contributed by atoms with Gasteiger partial charge in [0.15, 0.2) is 0 Å². The summed E-state index contributed by atoms with van der Waals surface area (Å²) in [6, 6.07) is 0. The minimum absolute atomic E-state index is 0.0378. The van der Waals surface area contributed by atoms with Gasteiger partial charge < -0.3 is 5.32 Å². The van der Waals surface area contributed by atoms with Crippen molar-refractivity contribution in [1.29, 1.82) is 0 Å². The summed E-state index contributed by atoms with van der Waals surface area (Å²) >= 11 is 0. The van der Waals surface area contributed by atoms with E-state index in [0.29, 0.717) is 6.42 Å². The summed E-state index contributed by atoms with van der Waals surface area (Å²) in [5, 5.41) is 2.63. The first-order valence-corrected chi connectivity index (χ1v) is 6.92. The summed E-state index contributed by atoms with van der Waals surface area (Å²) in [5.74, 6) is 0.0378. The predicted molar refractivity (Wildman–Crippen MR) is 81.5 cm³/mol. The normalized spacial score (nSPS) is 21.8. The van der Waals surface area contributed by atoms with Crippen molar-refractivity contribution in [3.63, 3.8) is 0 Å². The van der Waals surface area contributed by atoms with Crippen molar-refractivity contribution < 1.29 is 4.79 Å². The van der Waals surface area contributed by atoms with Gasteiger partial charge in [-0.05, 0) is 32.1 Å². The van der Waals surface area contributed by atoms with Crippen molar-refractivity contribution in [2.75, 3.05) is 14.1 Å². The minimum atomic E-state index is 0.0378. The van der Waals surface area contributed by atoms with Crippen LogP contribution in [0.2, 0.25) is 0 Å². The van der Waals surface area contributed by atoms with E-state index in [1.54, 1.807) is 14.1 Å². The van der Waals surface area contributed by atoms with Gasteiger partial charge in [-0.1, -0.05) is 36.0 Å². The molecule has 0 spiro atoms. The second kappa shape index (κ2) is 9.31. The molecule has 0 saturated heterocycles. The first-order chi connectivity index (χ1) is 9.26. The van der Waals surface area contributed by atoms with Crippen molar-refractivity contribution in [2.24, 2.45) is 4.99 Å². The van der Waals surface area contributed by atoms with Gasteiger partial charge in [0.05, 0.1) is 6.42 Å². The third kappa shape index (κ3) is 6.75. The fraction of sp³-hybridized carbons (Fsp3) is 0.500. The minimum Gasteiger partial charge on any atom is -0.359 e. The maximum atomic E-state index is 11.3. The Hall–Kier alpha value is -1.64. The lowest BCUT2D eigenvalue weighted by atomic mass is 10.0. The molecule has 1 aliphatic rings. The van der Waals surface area contributed by atoms with E-state index in [1.165, 1.54) is 5.57 Å². The quantitative estimate of drug-likeness (QED) is 0.578. The summed E-state index contributed by atoms with van der Waals surface area (Å²) in [6.45, 7) is 0. The molecule has 0 saturated carbocycles. The molecule has 0 aromatic rings. The van der Waals surface area contributed by atoms with Gasteiger partial charge >= 0.3 is 0 Å². The SMILES string of the molecule is C/N=C(\CCCC1=C/C/C=C\C/C=C\1)CC(=O)NC. The second-order valence-electron chi connectivity index (χ2n) is 4.62. The monoisotopic (exact) mass is 260 g/mol. The van der Waals surface area contributed by atoms with Crippen LogP contribution in [-0.2, 0) is 4.79 Å². The smallest absolute Gasteiger partial charge is 0.225 e. The van der Waals surface area contributed by atoms with E-state index < -0.39 is 0 Å². The van der Waals surface area contributed by atoms with Gasteiger partial charge in [-0.3, -0.25) is 9.79 Å². The molecule has 0 radical (unpaired) electrons. The summed E-state index contributed by atoms with van der Waals surface area (Å²) in [4.78, 5) is 15.5. The zero-order valence-electron chi connectivity index (χ0n) is 12.0. The molecular formula is C16H24N2O. The van der Waals surface area contributed by atoms with Gasteiger partial charge in [0, 0.05) is 19.8 Å².